The van der Waals surface area contributed by atoms with Gasteiger partial charge in [0.15, 0.2) is 0 Å². The Morgan fingerprint density at radius 2 is 1.15 bits per heavy atom. The summed E-state index contributed by atoms with van der Waals surface area (Å²) in [5, 5.41) is 0. The molecular weight excluding hydrogens is 227 g/mol. The van der Waals surface area contributed by atoms with Crippen LogP contribution in [0.1, 0.15) is 0 Å². The molecular formula is C4H3F4KO4. The Labute approximate surface area is 112 Å². The number of alkyl halides is 2. The summed E-state index contributed by atoms with van der Waals surface area (Å²) in [6.45, 7) is 0. The van der Waals surface area contributed by atoms with E-state index in [2.05, 4.69) is 9.88 Å². The Hall–Kier alpha value is 0.296. The molecule has 13 heavy (non-hydrogen) atoms. The first-order valence-electron chi connectivity index (χ1n) is 2.47. The van der Waals surface area contributed by atoms with E-state index in [0.717, 1.165) is 0 Å². The molecule has 0 aromatic rings. The van der Waals surface area contributed by atoms with Crippen molar-refractivity contribution in [3.63, 3.8) is 0 Å². The number of rotatable bonds is 3. The molecule has 72 valence electrons. The summed E-state index contributed by atoms with van der Waals surface area (Å²) >= 11 is 0. The van der Waals surface area contributed by atoms with Crippen LogP contribution in [0.4, 0.5) is 17.8 Å². The van der Waals surface area contributed by atoms with Crippen LogP contribution in [0, 0.1) is 0 Å². The van der Waals surface area contributed by atoms with Gasteiger partial charge in [0.2, 0.25) is 12.3 Å². The Morgan fingerprint density at radius 3 is 1.31 bits per heavy atom. The molecule has 0 spiro atoms. The summed E-state index contributed by atoms with van der Waals surface area (Å²) in [4.78, 5) is 24.1. The monoisotopic (exact) mass is 230 g/mol. The molecule has 0 N–H and O–H groups in total. The van der Waals surface area contributed by atoms with Gasteiger partial charge in [0, 0.05) is 9.05 Å². The molecule has 0 aliphatic carbocycles. The number of carbonyl (C=O) groups is 2. The van der Waals surface area contributed by atoms with Crippen molar-refractivity contribution in [1.29, 1.82) is 0 Å². The van der Waals surface area contributed by atoms with Crippen molar-refractivity contribution in [3.05, 3.63) is 0 Å². The van der Waals surface area contributed by atoms with Crippen molar-refractivity contribution < 1.29 is 37.3 Å². The molecule has 4 nitrogen and oxygen atoms in total. The van der Waals surface area contributed by atoms with Crippen molar-refractivity contribution in [2.45, 2.75) is 12.3 Å². The van der Waals surface area contributed by atoms with E-state index in [1.54, 1.807) is 0 Å². The van der Waals surface area contributed by atoms with E-state index in [-0.39, 0.29) is 51.4 Å². The predicted molar refractivity (Wildman–Crippen MR) is 31.3 cm³/mol. The molecule has 0 aromatic heterocycles. The van der Waals surface area contributed by atoms with Crippen LogP contribution in [-0.2, 0) is 19.5 Å². The van der Waals surface area contributed by atoms with Gasteiger partial charge in [-0.3, -0.25) is 9.88 Å². The van der Waals surface area contributed by atoms with Gasteiger partial charge in [0.1, 0.15) is 0 Å². The standard InChI is InChI=1S/C4H2F4O4.K.H/c5-1(3(9)11-7)2(6)4(10)12-8;;/h1-2H;;. The van der Waals surface area contributed by atoms with Gasteiger partial charge in [-0.15, -0.1) is 0 Å². The van der Waals surface area contributed by atoms with E-state index in [4.69, 9.17) is 0 Å². The minimum absolute atomic E-state index is 0. The molecule has 0 rings (SSSR count). The van der Waals surface area contributed by atoms with Gasteiger partial charge in [-0.25, -0.2) is 18.4 Å². The quantitative estimate of drug-likeness (QED) is 0.500. The Balaban J connectivity index is 0. The van der Waals surface area contributed by atoms with Crippen molar-refractivity contribution in [2.75, 3.05) is 0 Å². The third-order valence-electron chi connectivity index (χ3n) is 0.859. The molecule has 0 aliphatic heterocycles. The summed E-state index contributed by atoms with van der Waals surface area (Å²) in [7, 11) is 0. The van der Waals surface area contributed by atoms with Crippen LogP contribution in [0.5, 0.6) is 0 Å². The first-order valence-corrected chi connectivity index (χ1v) is 2.47. The molecule has 0 saturated carbocycles. The second-order valence-corrected chi connectivity index (χ2v) is 1.60. The van der Waals surface area contributed by atoms with Crippen molar-refractivity contribution in [3.8, 4) is 0 Å². The van der Waals surface area contributed by atoms with Crippen LogP contribution < -0.4 is 0 Å². The number of halogens is 4. The van der Waals surface area contributed by atoms with Crippen LogP contribution >= 0.6 is 0 Å². The zero-order valence-corrected chi connectivity index (χ0v) is 5.30. The van der Waals surface area contributed by atoms with Gasteiger partial charge in [0.05, 0.1) is 0 Å². The van der Waals surface area contributed by atoms with E-state index in [9.17, 15) is 27.4 Å². The Bertz CT molecular complexity index is 169. The normalized spacial score (nSPS) is 13.5. The van der Waals surface area contributed by atoms with Gasteiger partial charge >= 0.3 is 63.3 Å². The molecule has 0 amide bonds. The SMILES string of the molecule is O=C(OF)C(F)C(F)C(=O)OF.[KH]. The Kier molecular flexibility index (Phi) is 9.30. The summed E-state index contributed by atoms with van der Waals surface area (Å²) in [6.07, 6.45) is -6.48. The zero-order valence-electron chi connectivity index (χ0n) is 5.30. The minimum atomic E-state index is -3.24. The summed E-state index contributed by atoms with van der Waals surface area (Å²) in [5.74, 6) is -4.54. The fraction of sp³-hybridized carbons (Fsp3) is 0.500. The summed E-state index contributed by atoms with van der Waals surface area (Å²) < 4.78 is 45.9. The molecule has 0 bridgehead atoms. The first-order chi connectivity index (χ1) is 5.54. The third kappa shape index (κ3) is 4.91. The van der Waals surface area contributed by atoms with Crippen LogP contribution in [0.2, 0.25) is 0 Å². The van der Waals surface area contributed by atoms with E-state index >= 15 is 0 Å². The molecule has 0 aliphatic rings. The molecule has 2 unspecified atom stereocenters. The maximum absolute atomic E-state index is 12.1. The first kappa shape index (κ1) is 15.8. The van der Waals surface area contributed by atoms with E-state index in [1.165, 1.54) is 0 Å². The van der Waals surface area contributed by atoms with Crippen molar-refractivity contribution in [2.24, 2.45) is 0 Å². The summed E-state index contributed by atoms with van der Waals surface area (Å²) in [6, 6.07) is 0. The topological polar surface area (TPSA) is 52.6 Å². The molecule has 2 atom stereocenters. The van der Waals surface area contributed by atoms with Crippen LogP contribution in [0.3, 0.4) is 0 Å². The molecule has 0 fully saturated rings. The number of carbonyl (C=O) groups excluding carboxylic acids is 2. The van der Waals surface area contributed by atoms with Gasteiger partial charge < -0.3 is 0 Å². The second kappa shape index (κ2) is 7.68. The number of hydrogen-bond donors (Lipinski definition) is 0. The van der Waals surface area contributed by atoms with Gasteiger partial charge in [-0.1, -0.05) is 0 Å². The molecule has 0 aromatic carbocycles. The average Bonchev–Trinajstić information content (AvgIpc) is 2.12. The molecule has 9 heteroatoms. The fourth-order valence-electron chi connectivity index (χ4n) is 0.324. The average molecular weight is 230 g/mol. The predicted octanol–water partition coefficient (Wildman–Crippen LogP) is -0.131. The van der Waals surface area contributed by atoms with Crippen LogP contribution in [0.15, 0.2) is 0 Å². The van der Waals surface area contributed by atoms with E-state index in [0.29, 0.717) is 0 Å². The molecule has 0 saturated heterocycles. The van der Waals surface area contributed by atoms with E-state index in [1.807, 2.05) is 0 Å². The maximum atomic E-state index is 12.1. The second-order valence-electron chi connectivity index (χ2n) is 1.60. The van der Waals surface area contributed by atoms with Crippen molar-refractivity contribution in [1.82, 2.24) is 0 Å². The van der Waals surface area contributed by atoms with Crippen molar-refractivity contribution >= 4 is 63.3 Å². The zero-order chi connectivity index (χ0) is 9.72. The van der Waals surface area contributed by atoms with Gasteiger partial charge in [-0.2, -0.15) is 0 Å². The molecule has 0 heterocycles. The third-order valence-corrected chi connectivity index (χ3v) is 0.859. The Morgan fingerprint density at radius 1 is 0.923 bits per heavy atom. The van der Waals surface area contributed by atoms with E-state index < -0.39 is 24.3 Å². The van der Waals surface area contributed by atoms with Crippen LogP contribution in [0.25, 0.3) is 0 Å². The summed E-state index contributed by atoms with van der Waals surface area (Å²) in [5.41, 5.74) is 0. The van der Waals surface area contributed by atoms with Gasteiger partial charge in [0.25, 0.3) is 0 Å². The molecule has 0 radical (unpaired) electrons. The van der Waals surface area contributed by atoms with Gasteiger partial charge in [-0.05, 0) is 0 Å². The van der Waals surface area contributed by atoms with Crippen LogP contribution in [-0.4, -0.2) is 75.7 Å². The number of hydrogen-bond acceptors (Lipinski definition) is 4. The fourth-order valence-corrected chi connectivity index (χ4v) is 0.324.